The van der Waals surface area contributed by atoms with Gasteiger partial charge in [-0.1, -0.05) is 60.7 Å². The maximum atomic E-state index is 12.2. The van der Waals surface area contributed by atoms with Gasteiger partial charge in [0.15, 0.2) is 0 Å². The summed E-state index contributed by atoms with van der Waals surface area (Å²) in [5.74, 6) is -0.403. The molecule has 3 rings (SSSR count). The summed E-state index contributed by atoms with van der Waals surface area (Å²) in [6.07, 6.45) is -4.42. The van der Waals surface area contributed by atoms with Gasteiger partial charge in [0.1, 0.15) is 13.2 Å². The highest BCUT2D eigenvalue weighted by atomic mass is 19.4. The van der Waals surface area contributed by atoms with E-state index in [2.05, 4.69) is 33.9 Å². The second-order valence-corrected chi connectivity index (χ2v) is 6.75. The lowest BCUT2D eigenvalue weighted by Crippen LogP contribution is -2.50. The third-order valence-electron chi connectivity index (χ3n) is 4.75. The molecule has 1 aliphatic heterocycles. The molecule has 1 fully saturated rings. The Bertz CT molecular complexity index is 706. The SMILES string of the molecule is O=C(COCC(F)(F)F)N1CCN(C(c2ccccc2)c2ccccc2)CC1. The number of amides is 1. The van der Waals surface area contributed by atoms with Crippen LogP contribution in [0.1, 0.15) is 17.2 Å². The highest BCUT2D eigenvalue weighted by Gasteiger charge is 2.30. The Labute approximate surface area is 162 Å². The van der Waals surface area contributed by atoms with Crippen molar-refractivity contribution in [3.05, 3.63) is 71.8 Å². The van der Waals surface area contributed by atoms with Gasteiger partial charge >= 0.3 is 6.18 Å². The van der Waals surface area contributed by atoms with Crippen molar-refractivity contribution < 1.29 is 22.7 Å². The van der Waals surface area contributed by atoms with Crippen LogP contribution in [-0.2, 0) is 9.53 Å². The first-order valence-electron chi connectivity index (χ1n) is 9.20. The molecule has 1 saturated heterocycles. The Morgan fingerprint density at radius 3 is 1.86 bits per heavy atom. The fourth-order valence-electron chi connectivity index (χ4n) is 3.46. The van der Waals surface area contributed by atoms with E-state index in [1.54, 1.807) is 4.90 Å². The van der Waals surface area contributed by atoms with Crippen molar-refractivity contribution in [2.45, 2.75) is 12.2 Å². The largest absolute Gasteiger partial charge is 0.411 e. The van der Waals surface area contributed by atoms with E-state index in [0.29, 0.717) is 26.2 Å². The number of benzene rings is 2. The van der Waals surface area contributed by atoms with Crippen molar-refractivity contribution in [3.63, 3.8) is 0 Å². The Morgan fingerprint density at radius 1 is 0.893 bits per heavy atom. The third kappa shape index (κ3) is 5.56. The molecule has 0 radical (unpaired) electrons. The van der Waals surface area contributed by atoms with Gasteiger partial charge in [-0.05, 0) is 11.1 Å². The molecule has 0 aliphatic carbocycles. The Balaban J connectivity index is 1.62. The van der Waals surface area contributed by atoms with Crippen LogP contribution >= 0.6 is 0 Å². The average Bonchev–Trinajstić information content (AvgIpc) is 2.69. The first-order chi connectivity index (χ1) is 13.4. The molecule has 0 N–H and O–H groups in total. The summed E-state index contributed by atoms with van der Waals surface area (Å²) in [6.45, 7) is 0.261. The number of ether oxygens (including phenoxy) is 1. The number of nitrogens with zero attached hydrogens (tertiary/aromatic N) is 2. The molecule has 1 amide bonds. The van der Waals surface area contributed by atoms with Gasteiger partial charge in [0.05, 0.1) is 6.04 Å². The van der Waals surface area contributed by atoms with Crippen LogP contribution in [0, 0.1) is 0 Å². The van der Waals surface area contributed by atoms with Crippen LogP contribution in [0.3, 0.4) is 0 Å². The number of halogens is 3. The third-order valence-corrected chi connectivity index (χ3v) is 4.75. The van der Waals surface area contributed by atoms with Crippen LogP contribution in [0.4, 0.5) is 13.2 Å². The first kappa shape index (κ1) is 20.4. The number of carbonyl (C=O) groups excluding carboxylic acids is 1. The Morgan fingerprint density at radius 2 is 1.39 bits per heavy atom. The van der Waals surface area contributed by atoms with Gasteiger partial charge in [0, 0.05) is 26.2 Å². The average molecular weight is 392 g/mol. The molecule has 0 bridgehead atoms. The maximum Gasteiger partial charge on any atom is 0.411 e. The standard InChI is InChI=1S/C21H23F3N2O2/c22-21(23,24)16-28-15-19(27)25-11-13-26(14-12-25)20(17-7-3-1-4-8-17)18-9-5-2-6-10-18/h1-10,20H,11-16H2. The number of alkyl halides is 3. The van der Waals surface area contributed by atoms with Gasteiger partial charge in [-0.25, -0.2) is 0 Å². The summed E-state index contributed by atoms with van der Waals surface area (Å²) in [6, 6.07) is 20.4. The van der Waals surface area contributed by atoms with Crippen LogP contribution in [0.2, 0.25) is 0 Å². The van der Waals surface area contributed by atoms with Crippen LogP contribution in [-0.4, -0.2) is 61.3 Å². The highest BCUT2D eigenvalue weighted by Crippen LogP contribution is 2.29. The van der Waals surface area contributed by atoms with Crippen LogP contribution in [0.25, 0.3) is 0 Å². The molecule has 7 heteroatoms. The van der Waals surface area contributed by atoms with Crippen molar-refractivity contribution in [1.29, 1.82) is 0 Å². The van der Waals surface area contributed by atoms with E-state index in [1.807, 2.05) is 36.4 Å². The Kier molecular flexibility index (Phi) is 6.70. The molecule has 0 unspecified atom stereocenters. The minimum absolute atomic E-state index is 0.0705. The number of hydrogen-bond donors (Lipinski definition) is 0. The molecular weight excluding hydrogens is 369 g/mol. The molecule has 1 heterocycles. The van der Waals surface area contributed by atoms with Gasteiger partial charge in [-0.2, -0.15) is 13.2 Å². The lowest BCUT2D eigenvalue weighted by molar-refractivity contribution is -0.178. The van der Waals surface area contributed by atoms with E-state index in [1.165, 1.54) is 11.1 Å². The number of hydrogen-bond acceptors (Lipinski definition) is 3. The van der Waals surface area contributed by atoms with Crippen molar-refractivity contribution in [2.75, 3.05) is 39.4 Å². The molecule has 150 valence electrons. The van der Waals surface area contributed by atoms with Crippen LogP contribution < -0.4 is 0 Å². The topological polar surface area (TPSA) is 32.8 Å². The van der Waals surface area contributed by atoms with Crippen molar-refractivity contribution in [3.8, 4) is 0 Å². The molecule has 28 heavy (non-hydrogen) atoms. The lowest BCUT2D eigenvalue weighted by Gasteiger charge is -2.39. The van der Waals surface area contributed by atoms with Crippen molar-refractivity contribution >= 4 is 5.91 Å². The first-order valence-corrected chi connectivity index (χ1v) is 9.20. The second-order valence-electron chi connectivity index (χ2n) is 6.75. The number of rotatable bonds is 6. The maximum absolute atomic E-state index is 12.2. The predicted octanol–water partition coefficient (Wildman–Crippen LogP) is 3.50. The quantitative estimate of drug-likeness (QED) is 0.754. The minimum atomic E-state index is -4.42. The van der Waals surface area contributed by atoms with Gasteiger partial charge in [0.2, 0.25) is 5.91 Å². The van der Waals surface area contributed by atoms with Gasteiger partial charge in [0.25, 0.3) is 0 Å². The molecule has 1 aliphatic rings. The summed E-state index contributed by atoms with van der Waals surface area (Å²) >= 11 is 0. The van der Waals surface area contributed by atoms with E-state index in [4.69, 9.17) is 0 Å². The molecule has 0 spiro atoms. The summed E-state index contributed by atoms with van der Waals surface area (Å²) in [4.78, 5) is 16.0. The summed E-state index contributed by atoms with van der Waals surface area (Å²) in [7, 11) is 0. The molecule has 2 aromatic carbocycles. The highest BCUT2D eigenvalue weighted by molar-refractivity contribution is 5.77. The summed E-state index contributed by atoms with van der Waals surface area (Å²) < 4.78 is 41.0. The zero-order valence-corrected chi connectivity index (χ0v) is 15.4. The molecule has 0 atom stereocenters. The normalized spacial score (nSPS) is 15.8. The lowest BCUT2D eigenvalue weighted by atomic mass is 9.96. The molecule has 0 saturated carbocycles. The molecule has 0 aromatic heterocycles. The Hall–Kier alpha value is -2.38. The van der Waals surface area contributed by atoms with Gasteiger partial charge in [-0.15, -0.1) is 0 Å². The van der Waals surface area contributed by atoms with Gasteiger partial charge in [-0.3, -0.25) is 9.69 Å². The van der Waals surface area contributed by atoms with E-state index in [-0.39, 0.29) is 6.04 Å². The van der Waals surface area contributed by atoms with Gasteiger partial charge < -0.3 is 9.64 Å². The molecular formula is C21H23F3N2O2. The predicted molar refractivity (Wildman–Crippen MR) is 99.8 cm³/mol. The van der Waals surface area contributed by atoms with Crippen LogP contribution in [0.15, 0.2) is 60.7 Å². The fourth-order valence-corrected chi connectivity index (χ4v) is 3.46. The summed E-state index contributed by atoms with van der Waals surface area (Å²) in [5, 5.41) is 0. The van der Waals surface area contributed by atoms with Crippen molar-refractivity contribution in [1.82, 2.24) is 9.80 Å². The minimum Gasteiger partial charge on any atom is -0.362 e. The smallest absolute Gasteiger partial charge is 0.362 e. The summed E-state index contributed by atoms with van der Waals surface area (Å²) in [5.41, 5.74) is 2.34. The van der Waals surface area contributed by atoms with Crippen molar-refractivity contribution in [2.24, 2.45) is 0 Å². The van der Waals surface area contributed by atoms with E-state index in [9.17, 15) is 18.0 Å². The zero-order valence-electron chi connectivity index (χ0n) is 15.4. The zero-order chi connectivity index (χ0) is 20.0. The fraction of sp³-hybridized carbons (Fsp3) is 0.381. The molecule has 2 aromatic rings. The number of piperazine rings is 1. The van der Waals surface area contributed by atoms with E-state index in [0.717, 1.165) is 0 Å². The van der Waals surface area contributed by atoms with E-state index < -0.39 is 25.3 Å². The second kappa shape index (κ2) is 9.21. The molecule has 4 nitrogen and oxygen atoms in total. The van der Waals surface area contributed by atoms with Crippen LogP contribution in [0.5, 0.6) is 0 Å². The monoisotopic (exact) mass is 392 g/mol. The van der Waals surface area contributed by atoms with E-state index >= 15 is 0 Å². The number of carbonyl (C=O) groups is 1.